The second-order valence-corrected chi connectivity index (χ2v) is 6.21. The summed E-state index contributed by atoms with van der Waals surface area (Å²) in [5, 5.41) is 15.1. The molecule has 9 heteroatoms. The van der Waals surface area contributed by atoms with Crippen molar-refractivity contribution in [1.29, 1.82) is 0 Å². The lowest BCUT2D eigenvalue weighted by Gasteiger charge is -2.35. The van der Waals surface area contributed by atoms with Crippen LogP contribution in [0.25, 0.3) is 0 Å². The highest BCUT2D eigenvalue weighted by Gasteiger charge is 2.26. The highest BCUT2D eigenvalue weighted by Crippen LogP contribution is 2.30. The summed E-state index contributed by atoms with van der Waals surface area (Å²) in [6, 6.07) is 10.2. The Morgan fingerprint density at radius 3 is 2.46 bits per heavy atom. The van der Waals surface area contributed by atoms with Gasteiger partial charge in [0, 0.05) is 43.4 Å². The molecule has 0 radical (unpaired) electrons. The lowest BCUT2D eigenvalue weighted by molar-refractivity contribution is -0.384. The van der Waals surface area contributed by atoms with E-state index in [4.69, 9.17) is 0 Å². The Balaban J connectivity index is 1.72. The van der Waals surface area contributed by atoms with Gasteiger partial charge in [-0.25, -0.2) is 4.39 Å². The highest BCUT2D eigenvalue weighted by atomic mass is 19.1. The first-order chi connectivity index (χ1) is 13.5. The van der Waals surface area contributed by atoms with E-state index in [9.17, 15) is 19.3 Å². The van der Waals surface area contributed by atoms with Crippen molar-refractivity contribution in [2.24, 2.45) is 5.16 Å². The van der Waals surface area contributed by atoms with E-state index >= 15 is 0 Å². The number of nitrogens with zero attached hydrogens (tertiary/aromatic N) is 4. The van der Waals surface area contributed by atoms with Gasteiger partial charge in [0.2, 0.25) is 0 Å². The number of hydrogen-bond acceptors (Lipinski definition) is 6. The number of benzene rings is 2. The monoisotopic (exact) mass is 386 g/mol. The van der Waals surface area contributed by atoms with Crippen molar-refractivity contribution in [2.45, 2.75) is 0 Å². The molecule has 1 heterocycles. The standard InChI is InChI=1S/C19H19FN4O4/c1-28-21-13-14-2-7-17(18(12-14)24(26)27)22-8-10-23(11-9-22)19(25)15-3-5-16(20)6-4-15/h2-7,12-13H,8-11H2,1H3. The largest absolute Gasteiger partial charge is 0.399 e. The van der Waals surface area contributed by atoms with Gasteiger partial charge in [0.15, 0.2) is 0 Å². The molecule has 0 N–H and O–H groups in total. The summed E-state index contributed by atoms with van der Waals surface area (Å²) >= 11 is 0. The molecular weight excluding hydrogens is 367 g/mol. The predicted octanol–water partition coefficient (Wildman–Crippen LogP) is 2.68. The molecule has 0 atom stereocenters. The molecule has 0 unspecified atom stereocenters. The van der Waals surface area contributed by atoms with Gasteiger partial charge in [0.1, 0.15) is 18.6 Å². The van der Waals surface area contributed by atoms with E-state index in [1.807, 2.05) is 4.90 Å². The van der Waals surface area contributed by atoms with Crippen LogP contribution in [-0.2, 0) is 4.84 Å². The summed E-state index contributed by atoms with van der Waals surface area (Å²) in [6.45, 7) is 1.75. The minimum Gasteiger partial charge on any atom is -0.399 e. The third-order valence-electron chi connectivity index (χ3n) is 4.50. The SMILES string of the molecule is CON=Cc1ccc(N2CCN(C(=O)c3ccc(F)cc3)CC2)c([N+](=O)[O-])c1. The number of carbonyl (C=O) groups excluding carboxylic acids is 1. The highest BCUT2D eigenvalue weighted by molar-refractivity contribution is 5.94. The Hall–Kier alpha value is -3.49. The number of oxime groups is 1. The molecule has 28 heavy (non-hydrogen) atoms. The molecule has 0 aliphatic carbocycles. The lowest BCUT2D eigenvalue weighted by Crippen LogP contribution is -2.49. The van der Waals surface area contributed by atoms with E-state index in [0.717, 1.165) is 0 Å². The summed E-state index contributed by atoms with van der Waals surface area (Å²) in [7, 11) is 1.39. The fourth-order valence-electron chi connectivity index (χ4n) is 3.07. The van der Waals surface area contributed by atoms with Gasteiger partial charge < -0.3 is 14.6 Å². The van der Waals surface area contributed by atoms with Gasteiger partial charge >= 0.3 is 0 Å². The van der Waals surface area contributed by atoms with Crippen LogP contribution in [0.2, 0.25) is 0 Å². The summed E-state index contributed by atoms with van der Waals surface area (Å²) < 4.78 is 13.0. The van der Waals surface area contributed by atoms with Crippen molar-refractivity contribution in [3.8, 4) is 0 Å². The van der Waals surface area contributed by atoms with Gasteiger partial charge in [0.05, 0.1) is 11.1 Å². The molecule has 0 saturated carbocycles. The fraction of sp³-hybridized carbons (Fsp3) is 0.263. The van der Waals surface area contributed by atoms with E-state index < -0.39 is 10.7 Å². The molecule has 0 aromatic heterocycles. The normalized spacial score (nSPS) is 14.4. The number of halogens is 1. The summed E-state index contributed by atoms with van der Waals surface area (Å²) in [6.07, 6.45) is 1.40. The Labute approximate surface area is 160 Å². The molecule has 1 fully saturated rings. The Kier molecular flexibility index (Phi) is 5.83. The number of anilines is 1. The van der Waals surface area contributed by atoms with Gasteiger partial charge in [-0.05, 0) is 30.3 Å². The maximum absolute atomic E-state index is 13.0. The van der Waals surface area contributed by atoms with Crippen LogP contribution < -0.4 is 4.90 Å². The van der Waals surface area contributed by atoms with Crippen molar-refractivity contribution in [3.63, 3.8) is 0 Å². The molecule has 3 rings (SSSR count). The number of nitro benzene ring substituents is 1. The maximum Gasteiger partial charge on any atom is 0.293 e. The minimum atomic E-state index is -0.435. The van der Waals surface area contributed by atoms with Crippen molar-refractivity contribution >= 4 is 23.5 Å². The number of carbonyl (C=O) groups is 1. The molecule has 0 spiro atoms. The fourth-order valence-corrected chi connectivity index (χ4v) is 3.07. The second kappa shape index (κ2) is 8.47. The quantitative estimate of drug-likeness (QED) is 0.448. The molecule has 146 valence electrons. The zero-order chi connectivity index (χ0) is 20.1. The molecular formula is C19H19FN4O4. The number of amides is 1. The zero-order valence-corrected chi connectivity index (χ0v) is 15.2. The molecule has 2 aromatic rings. The first-order valence-electron chi connectivity index (χ1n) is 8.64. The predicted molar refractivity (Wildman–Crippen MR) is 102 cm³/mol. The molecule has 1 amide bonds. The van der Waals surface area contributed by atoms with E-state index in [1.54, 1.807) is 17.0 Å². The van der Waals surface area contributed by atoms with Crippen LogP contribution in [-0.4, -0.2) is 55.2 Å². The summed E-state index contributed by atoms with van der Waals surface area (Å²) in [4.78, 5) is 31.7. The van der Waals surface area contributed by atoms with Crippen LogP contribution in [0.3, 0.4) is 0 Å². The maximum atomic E-state index is 13.0. The molecule has 1 aliphatic rings. The zero-order valence-electron chi connectivity index (χ0n) is 15.2. The van der Waals surface area contributed by atoms with Gasteiger partial charge in [-0.1, -0.05) is 11.2 Å². The van der Waals surface area contributed by atoms with E-state index in [0.29, 0.717) is 43.0 Å². The van der Waals surface area contributed by atoms with Crippen LogP contribution in [0.4, 0.5) is 15.8 Å². The van der Waals surface area contributed by atoms with Crippen molar-refractivity contribution in [3.05, 3.63) is 69.5 Å². The topological polar surface area (TPSA) is 88.3 Å². The first-order valence-corrected chi connectivity index (χ1v) is 8.64. The Bertz CT molecular complexity index is 893. The number of nitro groups is 1. The van der Waals surface area contributed by atoms with E-state index in [-0.39, 0.29) is 11.6 Å². The second-order valence-electron chi connectivity index (χ2n) is 6.21. The molecule has 8 nitrogen and oxygen atoms in total. The molecule has 0 bridgehead atoms. The lowest BCUT2D eigenvalue weighted by atomic mass is 10.1. The van der Waals surface area contributed by atoms with Crippen LogP contribution >= 0.6 is 0 Å². The molecule has 1 saturated heterocycles. The smallest absolute Gasteiger partial charge is 0.293 e. The molecule has 2 aromatic carbocycles. The Morgan fingerprint density at radius 1 is 1.18 bits per heavy atom. The van der Waals surface area contributed by atoms with E-state index in [2.05, 4.69) is 9.99 Å². The summed E-state index contributed by atoms with van der Waals surface area (Å²) in [5.41, 5.74) is 1.44. The van der Waals surface area contributed by atoms with Crippen molar-refractivity contribution in [1.82, 2.24) is 4.90 Å². The van der Waals surface area contributed by atoms with E-state index in [1.165, 1.54) is 43.7 Å². The van der Waals surface area contributed by atoms with Crippen LogP contribution in [0.5, 0.6) is 0 Å². The van der Waals surface area contributed by atoms with Gasteiger partial charge in [-0.3, -0.25) is 14.9 Å². The van der Waals surface area contributed by atoms with Crippen molar-refractivity contribution in [2.75, 3.05) is 38.2 Å². The third kappa shape index (κ3) is 4.25. The van der Waals surface area contributed by atoms with Crippen molar-refractivity contribution < 1.29 is 18.9 Å². The van der Waals surface area contributed by atoms with Crippen LogP contribution in [0.15, 0.2) is 47.6 Å². The average molecular weight is 386 g/mol. The van der Waals surface area contributed by atoms with Gasteiger partial charge in [0.25, 0.3) is 11.6 Å². The van der Waals surface area contributed by atoms with Crippen LogP contribution in [0, 0.1) is 15.9 Å². The number of hydrogen-bond donors (Lipinski definition) is 0. The minimum absolute atomic E-state index is 0.0293. The number of rotatable bonds is 5. The number of piperazine rings is 1. The third-order valence-corrected chi connectivity index (χ3v) is 4.50. The average Bonchev–Trinajstić information content (AvgIpc) is 2.72. The van der Waals surface area contributed by atoms with Gasteiger partial charge in [-0.2, -0.15) is 0 Å². The Morgan fingerprint density at radius 2 is 1.86 bits per heavy atom. The molecule has 1 aliphatic heterocycles. The first kappa shape index (κ1) is 19.3. The van der Waals surface area contributed by atoms with Crippen LogP contribution in [0.1, 0.15) is 15.9 Å². The van der Waals surface area contributed by atoms with Gasteiger partial charge in [-0.15, -0.1) is 0 Å². The summed E-state index contributed by atoms with van der Waals surface area (Å²) in [5.74, 6) is -0.576.